The number of nitrogens with one attached hydrogen (secondary N) is 1. The number of rotatable bonds is 3. The van der Waals surface area contributed by atoms with E-state index in [1.165, 1.54) is 18.3 Å². The summed E-state index contributed by atoms with van der Waals surface area (Å²) >= 11 is 9.12. The van der Waals surface area contributed by atoms with E-state index in [9.17, 15) is 9.18 Å². The Labute approximate surface area is 127 Å². The van der Waals surface area contributed by atoms with Crippen molar-refractivity contribution in [3.05, 3.63) is 45.3 Å². The number of nitrogens with zero attached hydrogens (tertiary/aromatic N) is 1. The number of nitrogens with two attached hydrogens (primary N) is 2. The largest absolute Gasteiger partial charge is 0.397 e. The van der Waals surface area contributed by atoms with E-state index in [-0.39, 0.29) is 16.4 Å². The van der Waals surface area contributed by atoms with Crippen molar-refractivity contribution in [3.63, 3.8) is 0 Å². The predicted octanol–water partition coefficient (Wildman–Crippen LogP) is 3.06. The van der Waals surface area contributed by atoms with Gasteiger partial charge >= 0.3 is 0 Å². The standard InChI is InChI=1S/C12H9BrClFN4O/c13-8-1-5(15)2-9(14)10(8)19-12-7(11(17)20)3-6(16)4-18-12/h1-4H,16H2,(H2,17,20)(H,18,19). The summed E-state index contributed by atoms with van der Waals surface area (Å²) in [4.78, 5) is 15.4. The van der Waals surface area contributed by atoms with Gasteiger partial charge in [-0.3, -0.25) is 4.79 Å². The Morgan fingerprint density at radius 1 is 1.40 bits per heavy atom. The van der Waals surface area contributed by atoms with Crippen molar-refractivity contribution in [1.29, 1.82) is 0 Å². The number of carbonyl (C=O) groups excluding carboxylic acids is 1. The van der Waals surface area contributed by atoms with Crippen molar-refractivity contribution in [3.8, 4) is 0 Å². The highest BCUT2D eigenvalue weighted by Gasteiger charge is 2.14. The van der Waals surface area contributed by atoms with Gasteiger partial charge in [0.05, 0.1) is 28.2 Å². The number of aromatic nitrogens is 1. The average molecular weight is 360 g/mol. The van der Waals surface area contributed by atoms with E-state index in [0.29, 0.717) is 15.8 Å². The minimum Gasteiger partial charge on any atom is -0.397 e. The van der Waals surface area contributed by atoms with E-state index in [0.717, 1.165) is 6.07 Å². The summed E-state index contributed by atoms with van der Waals surface area (Å²) in [5.41, 5.74) is 11.6. The topological polar surface area (TPSA) is 94.0 Å². The monoisotopic (exact) mass is 358 g/mol. The summed E-state index contributed by atoms with van der Waals surface area (Å²) in [6, 6.07) is 3.76. The highest BCUT2D eigenvalue weighted by molar-refractivity contribution is 9.10. The van der Waals surface area contributed by atoms with Crippen LogP contribution in [-0.4, -0.2) is 10.9 Å². The third kappa shape index (κ3) is 3.00. The van der Waals surface area contributed by atoms with Crippen LogP contribution in [0, 0.1) is 5.82 Å². The highest BCUT2D eigenvalue weighted by Crippen LogP contribution is 2.34. The van der Waals surface area contributed by atoms with Crippen LogP contribution in [0.4, 0.5) is 21.6 Å². The molecule has 1 heterocycles. The molecular weight excluding hydrogens is 351 g/mol. The van der Waals surface area contributed by atoms with Crippen LogP contribution in [0.5, 0.6) is 0 Å². The normalized spacial score (nSPS) is 10.3. The molecule has 0 fully saturated rings. The van der Waals surface area contributed by atoms with E-state index >= 15 is 0 Å². The molecule has 5 nitrogen and oxygen atoms in total. The Morgan fingerprint density at radius 2 is 2.10 bits per heavy atom. The number of amides is 1. The molecule has 0 aliphatic rings. The molecule has 2 rings (SSSR count). The minimum absolute atomic E-state index is 0.109. The first-order valence-electron chi connectivity index (χ1n) is 5.35. The molecule has 8 heteroatoms. The first-order valence-corrected chi connectivity index (χ1v) is 6.52. The lowest BCUT2D eigenvalue weighted by Crippen LogP contribution is -2.15. The molecule has 0 bridgehead atoms. The zero-order chi connectivity index (χ0) is 14.9. The number of benzene rings is 1. The molecule has 20 heavy (non-hydrogen) atoms. The van der Waals surface area contributed by atoms with Crippen molar-refractivity contribution >= 4 is 50.6 Å². The van der Waals surface area contributed by atoms with Crippen LogP contribution in [0.3, 0.4) is 0 Å². The fourth-order valence-electron chi connectivity index (χ4n) is 1.55. The minimum atomic E-state index is -0.693. The Hall–Kier alpha value is -1.86. The van der Waals surface area contributed by atoms with Crippen LogP contribution in [0.1, 0.15) is 10.4 Å². The van der Waals surface area contributed by atoms with Crippen LogP contribution in [-0.2, 0) is 0 Å². The van der Waals surface area contributed by atoms with Gasteiger partial charge in [0.15, 0.2) is 0 Å². The number of pyridine rings is 1. The molecule has 0 spiro atoms. The van der Waals surface area contributed by atoms with Crippen molar-refractivity contribution in [1.82, 2.24) is 4.98 Å². The third-order valence-corrected chi connectivity index (χ3v) is 3.35. The number of halogens is 3. The van der Waals surface area contributed by atoms with E-state index in [4.69, 9.17) is 23.1 Å². The zero-order valence-corrected chi connectivity index (χ0v) is 12.3. The summed E-state index contributed by atoms with van der Waals surface area (Å²) in [6.45, 7) is 0. The number of hydrogen-bond donors (Lipinski definition) is 3. The van der Waals surface area contributed by atoms with Crippen LogP contribution in [0.15, 0.2) is 28.9 Å². The Kier molecular flexibility index (Phi) is 4.10. The lowest BCUT2D eigenvalue weighted by atomic mass is 10.2. The van der Waals surface area contributed by atoms with Gasteiger partial charge in [0, 0.05) is 4.47 Å². The molecule has 0 aliphatic heterocycles. The number of carbonyl (C=O) groups is 1. The van der Waals surface area contributed by atoms with Gasteiger partial charge in [-0.15, -0.1) is 0 Å². The molecule has 1 amide bonds. The van der Waals surface area contributed by atoms with Gasteiger partial charge in [0.2, 0.25) is 0 Å². The molecule has 0 saturated carbocycles. The molecule has 2 aromatic rings. The van der Waals surface area contributed by atoms with Crippen molar-refractivity contribution in [2.24, 2.45) is 5.73 Å². The number of nitrogen functional groups attached to an aromatic ring is 1. The van der Waals surface area contributed by atoms with Crippen LogP contribution < -0.4 is 16.8 Å². The number of hydrogen-bond acceptors (Lipinski definition) is 4. The van der Waals surface area contributed by atoms with Gasteiger partial charge in [-0.2, -0.15) is 0 Å². The molecule has 0 atom stereocenters. The Balaban J connectivity index is 2.48. The van der Waals surface area contributed by atoms with Gasteiger partial charge in [-0.05, 0) is 34.1 Å². The highest BCUT2D eigenvalue weighted by atomic mass is 79.9. The van der Waals surface area contributed by atoms with Gasteiger partial charge in [-0.25, -0.2) is 9.37 Å². The molecular formula is C12H9BrClFN4O. The molecule has 104 valence electrons. The van der Waals surface area contributed by atoms with Crippen molar-refractivity contribution < 1.29 is 9.18 Å². The summed E-state index contributed by atoms with van der Waals surface area (Å²) in [5, 5.41) is 2.96. The maximum Gasteiger partial charge on any atom is 0.252 e. The molecule has 0 radical (unpaired) electrons. The van der Waals surface area contributed by atoms with E-state index < -0.39 is 11.7 Å². The molecule has 5 N–H and O–H groups in total. The summed E-state index contributed by atoms with van der Waals surface area (Å²) in [7, 11) is 0. The van der Waals surface area contributed by atoms with E-state index in [2.05, 4.69) is 26.2 Å². The fraction of sp³-hybridized carbons (Fsp3) is 0. The maximum absolute atomic E-state index is 13.2. The number of anilines is 3. The van der Waals surface area contributed by atoms with Gasteiger partial charge in [0.25, 0.3) is 5.91 Å². The van der Waals surface area contributed by atoms with Gasteiger partial charge in [-0.1, -0.05) is 11.6 Å². The fourth-order valence-corrected chi connectivity index (χ4v) is 2.45. The summed E-state index contributed by atoms with van der Waals surface area (Å²) in [6.07, 6.45) is 1.36. The molecule has 1 aromatic carbocycles. The maximum atomic E-state index is 13.2. The predicted molar refractivity (Wildman–Crippen MR) is 79.6 cm³/mol. The molecule has 0 saturated heterocycles. The first kappa shape index (κ1) is 14.5. The summed E-state index contributed by atoms with van der Waals surface area (Å²) in [5.74, 6) is -1.00. The van der Waals surface area contributed by atoms with Crippen LogP contribution >= 0.6 is 27.5 Å². The van der Waals surface area contributed by atoms with E-state index in [1.807, 2.05) is 0 Å². The van der Waals surface area contributed by atoms with Crippen molar-refractivity contribution in [2.75, 3.05) is 11.1 Å². The first-order chi connectivity index (χ1) is 9.38. The molecule has 0 aliphatic carbocycles. The lowest BCUT2D eigenvalue weighted by molar-refractivity contribution is 0.100. The second-order valence-corrected chi connectivity index (χ2v) is 5.16. The average Bonchev–Trinajstić information content (AvgIpc) is 2.34. The van der Waals surface area contributed by atoms with Crippen LogP contribution in [0.2, 0.25) is 5.02 Å². The molecule has 1 aromatic heterocycles. The second kappa shape index (κ2) is 5.64. The lowest BCUT2D eigenvalue weighted by Gasteiger charge is -2.12. The SMILES string of the molecule is NC(=O)c1cc(N)cnc1Nc1c(Cl)cc(F)cc1Br. The second-order valence-electron chi connectivity index (χ2n) is 3.90. The third-order valence-electron chi connectivity index (χ3n) is 2.42. The summed E-state index contributed by atoms with van der Waals surface area (Å²) < 4.78 is 13.5. The Bertz CT molecular complexity index is 672. The zero-order valence-electron chi connectivity index (χ0n) is 9.95. The van der Waals surface area contributed by atoms with Crippen molar-refractivity contribution in [2.45, 2.75) is 0 Å². The Morgan fingerprint density at radius 3 is 2.70 bits per heavy atom. The smallest absolute Gasteiger partial charge is 0.252 e. The number of primary amides is 1. The molecule has 0 unspecified atom stereocenters. The van der Waals surface area contributed by atoms with Gasteiger partial charge in [0.1, 0.15) is 11.6 Å². The quantitative estimate of drug-likeness (QED) is 0.785. The van der Waals surface area contributed by atoms with Gasteiger partial charge < -0.3 is 16.8 Å². The van der Waals surface area contributed by atoms with E-state index in [1.54, 1.807) is 0 Å². The van der Waals surface area contributed by atoms with Crippen LogP contribution in [0.25, 0.3) is 0 Å².